The molecule has 7 nitrogen and oxygen atoms in total. The van der Waals surface area contributed by atoms with Crippen LogP contribution in [0.2, 0.25) is 5.02 Å². The Kier molecular flexibility index (Phi) is 5.94. The van der Waals surface area contributed by atoms with Crippen LogP contribution in [0.4, 0.5) is 0 Å². The van der Waals surface area contributed by atoms with Crippen molar-refractivity contribution in [3.63, 3.8) is 0 Å². The number of methoxy groups -OCH3 is 2. The Morgan fingerprint density at radius 1 is 0.941 bits per heavy atom. The summed E-state index contributed by atoms with van der Waals surface area (Å²) in [6.45, 7) is 2.40. The summed E-state index contributed by atoms with van der Waals surface area (Å²) in [7, 11) is 3.27. The lowest BCUT2D eigenvalue weighted by molar-refractivity contribution is 0.315. The molecule has 0 spiro atoms. The predicted octanol–water partition coefficient (Wildman–Crippen LogP) is 5.55. The molecule has 3 aromatic carbocycles. The minimum Gasteiger partial charge on any atom is -0.493 e. The van der Waals surface area contributed by atoms with Gasteiger partial charge in [0.2, 0.25) is 0 Å². The van der Waals surface area contributed by atoms with E-state index in [0.29, 0.717) is 35.3 Å². The van der Waals surface area contributed by atoms with E-state index in [9.17, 15) is 0 Å². The molecule has 0 atom stereocenters. The monoisotopic (exact) mass is 474 g/mol. The maximum atomic E-state index is 6.45. The molecule has 0 unspecified atom stereocenters. The number of rotatable bonds is 7. The van der Waals surface area contributed by atoms with Gasteiger partial charge in [-0.05, 0) is 37.3 Å². The number of halogens is 1. The average molecular weight is 475 g/mol. The maximum Gasteiger partial charge on any atom is 0.183 e. The largest absolute Gasteiger partial charge is 0.493 e. The van der Waals surface area contributed by atoms with Gasteiger partial charge in [-0.1, -0.05) is 35.9 Å². The number of nitrogens with zero attached hydrogens (tertiary/aromatic N) is 4. The van der Waals surface area contributed by atoms with E-state index in [-0.39, 0.29) is 0 Å². The van der Waals surface area contributed by atoms with E-state index in [0.717, 1.165) is 39.4 Å². The first-order valence-electron chi connectivity index (χ1n) is 10.8. The van der Waals surface area contributed by atoms with Crippen LogP contribution >= 0.6 is 11.6 Å². The summed E-state index contributed by atoms with van der Waals surface area (Å²) in [6.07, 6.45) is 0.673. The number of aryl methyl sites for hydroxylation is 1. The number of benzene rings is 3. The van der Waals surface area contributed by atoms with Gasteiger partial charge >= 0.3 is 0 Å². The summed E-state index contributed by atoms with van der Waals surface area (Å²) in [4.78, 5) is 4.74. The average Bonchev–Trinajstić information content (AvgIpc) is 3.30. The molecule has 0 saturated carbocycles. The first kappa shape index (κ1) is 22.0. The SMILES string of the molecule is COc1cccc(CCOc2ccc3c(c2)nc(C)c2nnc(-c4ccccc4Cl)n23)c1OC. The van der Waals surface area contributed by atoms with E-state index in [4.69, 9.17) is 30.8 Å². The molecule has 8 heteroatoms. The molecule has 0 radical (unpaired) electrons. The lowest BCUT2D eigenvalue weighted by Gasteiger charge is -2.13. The smallest absolute Gasteiger partial charge is 0.183 e. The van der Waals surface area contributed by atoms with Gasteiger partial charge in [-0.3, -0.25) is 4.40 Å². The zero-order chi connectivity index (χ0) is 23.7. The third-order valence-electron chi connectivity index (χ3n) is 5.70. The van der Waals surface area contributed by atoms with Gasteiger partial charge in [0.1, 0.15) is 5.75 Å². The van der Waals surface area contributed by atoms with Crippen molar-refractivity contribution in [2.75, 3.05) is 20.8 Å². The number of aromatic nitrogens is 4. The van der Waals surface area contributed by atoms with Crippen LogP contribution in [0.1, 0.15) is 11.3 Å². The van der Waals surface area contributed by atoms with Crippen LogP contribution in [0.3, 0.4) is 0 Å². The predicted molar refractivity (Wildman–Crippen MR) is 132 cm³/mol. The van der Waals surface area contributed by atoms with E-state index in [1.807, 2.05) is 72.0 Å². The molecule has 0 bridgehead atoms. The standard InChI is InChI=1S/C26H23ClN4O3/c1-16-25-29-30-26(19-8-4-5-9-20(19)27)31(25)22-12-11-18(15-21(22)28-16)34-14-13-17-7-6-10-23(32-2)24(17)33-3/h4-12,15H,13-14H2,1-3H3. The van der Waals surface area contributed by atoms with Gasteiger partial charge in [0.05, 0.1) is 42.6 Å². The van der Waals surface area contributed by atoms with Crippen molar-refractivity contribution in [3.8, 4) is 28.6 Å². The van der Waals surface area contributed by atoms with E-state index >= 15 is 0 Å². The van der Waals surface area contributed by atoms with Crippen LogP contribution in [0.15, 0.2) is 60.7 Å². The van der Waals surface area contributed by atoms with Gasteiger partial charge < -0.3 is 14.2 Å². The van der Waals surface area contributed by atoms with Crippen LogP contribution in [0.5, 0.6) is 17.2 Å². The first-order chi connectivity index (χ1) is 16.6. The van der Waals surface area contributed by atoms with Crippen LogP contribution in [-0.4, -0.2) is 40.4 Å². The summed E-state index contributed by atoms with van der Waals surface area (Å²) in [5.41, 5.74) is 4.97. The summed E-state index contributed by atoms with van der Waals surface area (Å²) >= 11 is 6.45. The molecule has 5 rings (SSSR count). The molecule has 34 heavy (non-hydrogen) atoms. The molecule has 2 aromatic heterocycles. The minimum atomic E-state index is 0.480. The van der Waals surface area contributed by atoms with Gasteiger partial charge in [0, 0.05) is 23.6 Å². The van der Waals surface area contributed by atoms with Crippen molar-refractivity contribution < 1.29 is 14.2 Å². The van der Waals surface area contributed by atoms with Gasteiger partial charge in [0.15, 0.2) is 23.0 Å². The van der Waals surface area contributed by atoms with Gasteiger partial charge in [-0.25, -0.2) is 4.98 Å². The number of hydrogen-bond acceptors (Lipinski definition) is 6. The Labute approximate surface area is 201 Å². The third kappa shape index (κ3) is 3.88. The highest BCUT2D eigenvalue weighted by Crippen LogP contribution is 2.32. The van der Waals surface area contributed by atoms with Gasteiger partial charge in [0.25, 0.3) is 0 Å². The Balaban J connectivity index is 1.46. The molecular formula is C26H23ClN4O3. The molecule has 172 valence electrons. The summed E-state index contributed by atoms with van der Waals surface area (Å²) in [5, 5.41) is 9.39. The fraction of sp³-hybridized carbons (Fsp3) is 0.192. The van der Waals surface area contributed by atoms with E-state index in [2.05, 4.69) is 10.2 Å². The maximum absolute atomic E-state index is 6.45. The number of hydrogen-bond donors (Lipinski definition) is 0. The molecular weight excluding hydrogens is 452 g/mol. The highest BCUT2D eigenvalue weighted by atomic mass is 35.5. The summed E-state index contributed by atoms with van der Waals surface area (Å²) < 4.78 is 18.9. The molecule has 0 N–H and O–H groups in total. The van der Waals surface area contributed by atoms with E-state index < -0.39 is 0 Å². The zero-order valence-electron chi connectivity index (χ0n) is 19.1. The zero-order valence-corrected chi connectivity index (χ0v) is 19.8. The lowest BCUT2D eigenvalue weighted by Crippen LogP contribution is -2.04. The van der Waals surface area contributed by atoms with Crippen LogP contribution in [0, 0.1) is 6.92 Å². The second kappa shape index (κ2) is 9.19. The quantitative estimate of drug-likeness (QED) is 0.308. The fourth-order valence-corrected chi connectivity index (χ4v) is 4.32. The summed E-state index contributed by atoms with van der Waals surface area (Å²) in [5.74, 6) is 2.84. The molecule has 5 aromatic rings. The molecule has 0 amide bonds. The highest BCUT2D eigenvalue weighted by Gasteiger charge is 2.17. The highest BCUT2D eigenvalue weighted by molar-refractivity contribution is 6.33. The van der Waals surface area contributed by atoms with Crippen molar-refractivity contribution >= 4 is 28.3 Å². The van der Waals surface area contributed by atoms with Crippen molar-refractivity contribution in [2.45, 2.75) is 13.3 Å². The van der Waals surface area contributed by atoms with Crippen molar-refractivity contribution in [2.24, 2.45) is 0 Å². The fourth-order valence-electron chi connectivity index (χ4n) is 4.10. The minimum absolute atomic E-state index is 0.480. The van der Waals surface area contributed by atoms with Crippen molar-refractivity contribution in [1.29, 1.82) is 0 Å². The molecule has 0 saturated heterocycles. The Bertz CT molecular complexity index is 1500. The van der Waals surface area contributed by atoms with Gasteiger partial charge in [-0.2, -0.15) is 0 Å². The van der Waals surface area contributed by atoms with E-state index in [1.54, 1.807) is 14.2 Å². The topological polar surface area (TPSA) is 70.8 Å². The number of para-hydroxylation sites is 1. The van der Waals surface area contributed by atoms with Crippen molar-refractivity contribution in [1.82, 2.24) is 19.6 Å². The normalized spacial score (nSPS) is 11.2. The molecule has 0 aliphatic carbocycles. The molecule has 0 fully saturated rings. The van der Waals surface area contributed by atoms with Crippen molar-refractivity contribution in [3.05, 3.63) is 76.9 Å². The Morgan fingerprint density at radius 2 is 1.79 bits per heavy atom. The van der Waals surface area contributed by atoms with Crippen LogP contribution in [-0.2, 0) is 6.42 Å². The molecule has 2 heterocycles. The third-order valence-corrected chi connectivity index (χ3v) is 6.03. The first-order valence-corrected chi connectivity index (χ1v) is 11.2. The lowest BCUT2D eigenvalue weighted by atomic mass is 10.1. The second-order valence-corrected chi connectivity index (χ2v) is 8.17. The molecule has 0 aliphatic rings. The Hall–Kier alpha value is -3.84. The molecule has 0 aliphatic heterocycles. The van der Waals surface area contributed by atoms with Gasteiger partial charge in [-0.15, -0.1) is 10.2 Å². The number of fused-ring (bicyclic) bond motifs is 3. The number of ether oxygens (including phenoxy) is 3. The second-order valence-electron chi connectivity index (χ2n) is 7.76. The van der Waals surface area contributed by atoms with Crippen LogP contribution in [0.25, 0.3) is 28.1 Å². The summed E-state index contributed by atoms with van der Waals surface area (Å²) in [6, 6.07) is 19.3. The van der Waals surface area contributed by atoms with E-state index in [1.165, 1.54) is 0 Å². The Morgan fingerprint density at radius 3 is 2.59 bits per heavy atom. The van der Waals surface area contributed by atoms with Crippen LogP contribution < -0.4 is 14.2 Å².